The van der Waals surface area contributed by atoms with Crippen molar-refractivity contribution < 1.29 is 9.53 Å². The first-order chi connectivity index (χ1) is 9.16. The van der Waals surface area contributed by atoms with E-state index in [1.54, 1.807) is 12.4 Å². The molecule has 0 N–H and O–H groups in total. The molecule has 0 unspecified atom stereocenters. The number of hydrogen-bond donors (Lipinski definition) is 0. The van der Waals surface area contributed by atoms with Crippen LogP contribution in [0.4, 0.5) is 0 Å². The average Bonchev–Trinajstić information content (AvgIpc) is 2.46. The van der Waals surface area contributed by atoms with Gasteiger partial charge in [-0.2, -0.15) is 0 Å². The second-order valence-electron chi connectivity index (χ2n) is 4.56. The standard InChI is InChI=1S/C15H16N2O2/c1-11(2)13-8-16-14(17-9-13)15(18)19-10-12-6-4-3-5-7-12/h3-9,11H,10H2,1-2H3. The van der Waals surface area contributed by atoms with Gasteiger partial charge >= 0.3 is 5.97 Å². The van der Waals surface area contributed by atoms with Crippen molar-refractivity contribution in [2.24, 2.45) is 0 Å². The lowest BCUT2D eigenvalue weighted by atomic mass is 10.1. The number of aromatic nitrogens is 2. The molecule has 0 aliphatic rings. The highest BCUT2D eigenvalue weighted by atomic mass is 16.5. The van der Waals surface area contributed by atoms with Crippen molar-refractivity contribution >= 4 is 5.97 Å². The third-order valence-electron chi connectivity index (χ3n) is 2.73. The Morgan fingerprint density at radius 1 is 1.16 bits per heavy atom. The largest absolute Gasteiger partial charge is 0.455 e. The van der Waals surface area contributed by atoms with E-state index in [0.717, 1.165) is 11.1 Å². The van der Waals surface area contributed by atoms with Crippen LogP contribution in [0.15, 0.2) is 42.7 Å². The first-order valence-corrected chi connectivity index (χ1v) is 6.20. The molecule has 0 aliphatic carbocycles. The van der Waals surface area contributed by atoms with Gasteiger partial charge in [-0.05, 0) is 17.0 Å². The molecule has 2 rings (SSSR count). The predicted octanol–water partition coefficient (Wildman–Crippen LogP) is 2.96. The molecule has 98 valence electrons. The van der Waals surface area contributed by atoms with Crippen LogP contribution in [0.25, 0.3) is 0 Å². The van der Waals surface area contributed by atoms with Crippen LogP contribution in [0.5, 0.6) is 0 Å². The van der Waals surface area contributed by atoms with Crippen LogP contribution >= 0.6 is 0 Å². The topological polar surface area (TPSA) is 52.1 Å². The Hall–Kier alpha value is -2.23. The summed E-state index contributed by atoms with van der Waals surface area (Å²) < 4.78 is 5.15. The van der Waals surface area contributed by atoms with Crippen LogP contribution in [-0.4, -0.2) is 15.9 Å². The van der Waals surface area contributed by atoms with Gasteiger partial charge in [0.05, 0.1) is 0 Å². The molecule has 4 nitrogen and oxygen atoms in total. The minimum absolute atomic E-state index is 0.0975. The number of benzene rings is 1. The number of nitrogens with zero attached hydrogens (tertiary/aromatic N) is 2. The maximum atomic E-state index is 11.8. The number of rotatable bonds is 4. The summed E-state index contributed by atoms with van der Waals surface area (Å²) in [7, 11) is 0. The van der Waals surface area contributed by atoms with Crippen molar-refractivity contribution in [3.05, 3.63) is 59.7 Å². The molecule has 0 radical (unpaired) electrons. The van der Waals surface area contributed by atoms with Crippen molar-refractivity contribution in [3.8, 4) is 0 Å². The van der Waals surface area contributed by atoms with Crippen molar-refractivity contribution in [3.63, 3.8) is 0 Å². The Morgan fingerprint density at radius 2 is 1.79 bits per heavy atom. The van der Waals surface area contributed by atoms with Gasteiger partial charge in [-0.25, -0.2) is 14.8 Å². The van der Waals surface area contributed by atoms with Crippen LogP contribution in [-0.2, 0) is 11.3 Å². The average molecular weight is 256 g/mol. The van der Waals surface area contributed by atoms with Crippen LogP contribution < -0.4 is 0 Å². The van der Waals surface area contributed by atoms with Crippen molar-refractivity contribution in [2.45, 2.75) is 26.4 Å². The van der Waals surface area contributed by atoms with Crippen LogP contribution in [0.1, 0.15) is 41.5 Å². The summed E-state index contributed by atoms with van der Waals surface area (Å²) in [4.78, 5) is 19.8. The Labute approximate surface area is 112 Å². The zero-order chi connectivity index (χ0) is 13.7. The van der Waals surface area contributed by atoms with Crippen LogP contribution in [0, 0.1) is 0 Å². The molecule has 0 saturated heterocycles. The summed E-state index contributed by atoms with van der Waals surface area (Å²) in [5.41, 5.74) is 1.94. The van der Waals surface area contributed by atoms with Gasteiger partial charge in [-0.1, -0.05) is 44.2 Å². The molecule has 1 heterocycles. The van der Waals surface area contributed by atoms with Crippen LogP contribution in [0.3, 0.4) is 0 Å². The second-order valence-corrected chi connectivity index (χ2v) is 4.56. The summed E-state index contributed by atoms with van der Waals surface area (Å²) in [5, 5.41) is 0. The van der Waals surface area contributed by atoms with Gasteiger partial charge in [0.1, 0.15) is 6.61 Å². The van der Waals surface area contributed by atoms with Gasteiger partial charge in [0.2, 0.25) is 5.82 Å². The maximum Gasteiger partial charge on any atom is 0.376 e. The number of esters is 1. The lowest BCUT2D eigenvalue weighted by Gasteiger charge is -2.06. The smallest absolute Gasteiger partial charge is 0.376 e. The molecule has 19 heavy (non-hydrogen) atoms. The number of carbonyl (C=O) groups is 1. The zero-order valence-corrected chi connectivity index (χ0v) is 11.0. The molecule has 0 aliphatic heterocycles. The molecule has 0 amide bonds. The molecule has 0 bridgehead atoms. The van der Waals surface area contributed by atoms with Gasteiger partial charge < -0.3 is 4.74 Å². The van der Waals surface area contributed by atoms with E-state index in [-0.39, 0.29) is 12.4 Å². The van der Waals surface area contributed by atoms with E-state index < -0.39 is 5.97 Å². The van der Waals surface area contributed by atoms with Crippen LogP contribution in [0.2, 0.25) is 0 Å². The number of hydrogen-bond acceptors (Lipinski definition) is 4. The molecule has 4 heteroatoms. The SMILES string of the molecule is CC(C)c1cnc(C(=O)OCc2ccccc2)nc1. The lowest BCUT2D eigenvalue weighted by Crippen LogP contribution is -2.10. The highest BCUT2D eigenvalue weighted by Crippen LogP contribution is 2.11. The fourth-order valence-electron chi connectivity index (χ4n) is 1.53. The molecular formula is C15H16N2O2. The molecular weight excluding hydrogens is 240 g/mol. The third kappa shape index (κ3) is 3.61. The monoisotopic (exact) mass is 256 g/mol. The van der Waals surface area contributed by atoms with Crippen molar-refractivity contribution in [1.82, 2.24) is 9.97 Å². The summed E-state index contributed by atoms with van der Waals surface area (Å²) in [5.74, 6) is -0.0612. The van der Waals surface area contributed by atoms with E-state index in [0.29, 0.717) is 5.92 Å². The fourth-order valence-corrected chi connectivity index (χ4v) is 1.53. The fraction of sp³-hybridized carbons (Fsp3) is 0.267. The van der Waals surface area contributed by atoms with E-state index >= 15 is 0 Å². The van der Waals surface area contributed by atoms with E-state index in [9.17, 15) is 4.79 Å². The minimum atomic E-state index is -0.501. The predicted molar refractivity (Wildman–Crippen MR) is 71.7 cm³/mol. The minimum Gasteiger partial charge on any atom is -0.455 e. The van der Waals surface area contributed by atoms with E-state index in [4.69, 9.17) is 4.74 Å². The molecule has 2 aromatic rings. The normalized spacial score (nSPS) is 10.5. The molecule has 1 aromatic heterocycles. The quantitative estimate of drug-likeness (QED) is 0.789. The first-order valence-electron chi connectivity index (χ1n) is 6.20. The Bertz CT molecular complexity index is 536. The second kappa shape index (κ2) is 6.09. The van der Waals surface area contributed by atoms with Crippen molar-refractivity contribution in [1.29, 1.82) is 0 Å². The van der Waals surface area contributed by atoms with E-state index in [1.807, 2.05) is 44.2 Å². The number of ether oxygens (including phenoxy) is 1. The van der Waals surface area contributed by atoms with Gasteiger partial charge in [0, 0.05) is 12.4 Å². The molecule has 0 saturated carbocycles. The molecule has 0 atom stereocenters. The highest BCUT2D eigenvalue weighted by molar-refractivity contribution is 5.84. The van der Waals surface area contributed by atoms with Gasteiger partial charge in [-0.3, -0.25) is 0 Å². The van der Waals surface area contributed by atoms with Gasteiger partial charge in [-0.15, -0.1) is 0 Å². The Balaban J connectivity index is 1.96. The summed E-state index contributed by atoms with van der Waals surface area (Å²) >= 11 is 0. The summed E-state index contributed by atoms with van der Waals surface area (Å²) in [6, 6.07) is 9.51. The van der Waals surface area contributed by atoms with Gasteiger partial charge in [0.15, 0.2) is 0 Å². The van der Waals surface area contributed by atoms with E-state index in [1.165, 1.54) is 0 Å². The van der Waals surface area contributed by atoms with E-state index in [2.05, 4.69) is 9.97 Å². The van der Waals surface area contributed by atoms with Gasteiger partial charge in [0.25, 0.3) is 0 Å². The maximum absolute atomic E-state index is 11.8. The third-order valence-corrected chi connectivity index (χ3v) is 2.73. The summed E-state index contributed by atoms with van der Waals surface area (Å²) in [6.07, 6.45) is 3.33. The lowest BCUT2D eigenvalue weighted by molar-refractivity contribution is 0.0458. The Morgan fingerprint density at radius 3 is 2.37 bits per heavy atom. The van der Waals surface area contributed by atoms with Crippen molar-refractivity contribution in [2.75, 3.05) is 0 Å². The first kappa shape index (κ1) is 13.2. The highest BCUT2D eigenvalue weighted by Gasteiger charge is 2.11. The summed E-state index contributed by atoms with van der Waals surface area (Å²) in [6.45, 7) is 4.33. The molecule has 1 aromatic carbocycles. The molecule has 0 fully saturated rings. The Kier molecular flexibility index (Phi) is 4.23. The molecule has 0 spiro atoms. The zero-order valence-electron chi connectivity index (χ0n) is 11.0. The number of carbonyl (C=O) groups excluding carboxylic acids is 1.